The van der Waals surface area contributed by atoms with Gasteiger partial charge in [-0.1, -0.05) is 0 Å². The van der Waals surface area contributed by atoms with E-state index in [-0.39, 0.29) is 49.0 Å². The van der Waals surface area contributed by atoms with Crippen LogP contribution in [0.2, 0.25) is 0 Å². The Morgan fingerprint density at radius 3 is 2.85 bits per heavy atom. The molecule has 3 atom stereocenters. The Hall–Kier alpha value is -0.820. The van der Waals surface area contributed by atoms with E-state index in [4.69, 9.17) is 10.5 Å². The van der Waals surface area contributed by atoms with Gasteiger partial charge in [-0.25, -0.2) is 4.98 Å². The largest absolute Gasteiger partial charge is 0.364 e. The highest BCUT2D eigenvalue weighted by molar-refractivity contribution is 5.85. The third-order valence-corrected chi connectivity index (χ3v) is 3.10. The Morgan fingerprint density at radius 1 is 1.55 bits per heavy atom. The quantitative estimate of drug-likeness (QED) is 0.836. The van der Waals surface area contributed by atoms with Crippen molar-refractivity contribution in [2.75, 3.05) is 6.54 Å². The molecule has 2 rings (SSSR count). The average Bonchev–Trinajstić information content (AvgIpc) is 2.98. The van der Waals surface area contributed by atoms with Crippen LogP contribution in [0.1, 0.15) is 19.8 Å². The standard InChI is InChI=1S/C12H20N4O2.2ClH/c1-9(7-16-5-4-14-8-16)15-12(17)11-3-2-10(6-13)18-11;;/h4-5,8-11H,2-3,6-7,13H2,1H3,(H,15,17);2*1H/t9?,10-,11+;;/m1../s1. The molecule has 0 saturated carbocycles. The number of ether oxygens (including phenoxy) is 1. The number of halogens is 2. The van der Waals surface area contributed by atoms with Gasteiger partial charge in [-0.2, -0.15) is 0 Å². The van der Waals surface area contributed by atoms with Crippen LogP contribution in [0.3, 0.4) is 0 Å². The lowest BCUT2D eigenvalue weighted by molar-refractivity contribution is -0.132. The molecule has 1 unspecified atom stereocenters. The Morgan fingerprint density at radius 2 is 2.30 bits per heavy atom. The molecule has 0 bridgehead atoms. The van der Waals surface area contributed by atoms with Gasteiger partial charge in [0, 0.05) is 31.5 Å². The van der Waals surface area contributed by atoms with E-state index in [2.05, 4.69) is 10.3 Å². The Kier molecular flexibility index (Phi) is 8.80. The van der Waals surface area contributed by atoms with Gasteiger partial charge in [-0.15, -0.1) is 24.8 Å². The van der Waals surface area contributed by atoms with Gasteiger partial charge in [0.15, 0.2) is 0 Å². The van der Waals surface area contributed by atoms with E-state index in [9.17, 15) is 4.79 Å². The van der Waals surface area contributed by atoms with E-state index in [1.54, 1.807) is 12.5 Å². The number of aromatic nitrogens is 2. The second-order valence-corrected chi connectivity index (χ2v) is 4.73. The lowest BCUT2D eigenvalue weighted by atomic mass is 10.2. The van der Waals surface area contributed by atoms with Gasteiger partial charge in [0.2, 0.25) is 5.91 Å². The monoisotopic (exact) mass is 324 g/mol. The molecule has 1 amide bonds. The van der Waals surface area contributed by atoms with Crippen molar-refractivity contribution in [2.45, 2.75) is 44.6 Å². The molecule has 1 aromatic heterocycles. The van der Waals surface area contributed by atoms with Gasteiger partial charge in [0.1, 0.15) is 6.10 Å². The average molecular weight is 325 g/mol. The molecule has 3 N–H and O–H groups in total. The predicted octanol–water partition coefficient (Wildman–Crippen LogP) is 0.738. The number of nitrogens with one attached hydrogen (secondary N) is 1. The fourth-order valence-corrected chi connectivity index (χ4v) is 2.16. The first-order chi connectivity index (χ1) is 8.69. The molecule has 1 aromatic rings. The fraction of sp³-hybridized carbons (Fsp3) is 0.667. The van der Waals surface area contributed by atoms with E-state index in [1.807, 2.05) is 17.7 Å². The van der Waals surface area contributed by atoms with Crippen molar-refractivity contribution in [3.8, 4) is 0 Å². The number of carbonyl (C=O) groups excluding carboxylic acids is 1. The van der Waals surface area contributed by atoms with Crippen molar-refractivity contribution in [2.24, 2.45) is 5.73 Å². The molecule has 0 aliphatic carbocycles. The van der Waals surface area contributed by atoms with Crippen LogP contribution >= 0.6 is 24.8 Å². The van der Waals surface area contributed by atoms with Crippen molar-refractivity contribution < 1.29 is 9.53 Å². The van der Waals surface area contributed by atoms with Crippen molar-refractivity contribution in [1.82, 2.24) is 14.9 Å². The maximum atomic E-state index is 11.9. The third kappa shape index (κ3) is 5.28. The molecule has 0 aromatic carbocycles. The molecule has 8 heteroatoms. The number of hydrogen-bond acceptors (Lipinski definition) is 4. The molecule has 1 aliphatic heterocycles. The molecule has 0 spiro atoms. The topological polar surface area (TPSA) is 82.2 Å². The van der Waals surface area contributed by atoms with Crippen molar-refractivity contribution >= 4 is 30.7 Å². The zero-order valence-electron chi connectivity index (χ0n) is 11.4. The smallest absolute Gasteiger partial charge is 0.249 e. The molecule has 20 heavy (non-hydrogen) atoms. The Bertz CT molecular complexity index is 389. The fourth-order valence-electron chi connectivity index (χ4n) is 2.16. The number of hydrogen-bond donors (Lipinski definition) is 2. The first-order valence-corrected chi connectivity index (χ1v) is 6.30. The first kappa shape index (κ1) is 19.2. The van der Waals surface area contributed by atoms with Gasteiger partial charge < -0.3 is 20.4 Å². The van der Waals surface area contributed by atoms with Crippen molar-refractivity contribution in [1.29, 1.82) is 0 Å². The van der Waals surface area contributed by atoms with Gasteiger partial charge in [-0.3, -0.25) is 4.79 Å². The normalized spacial score (nSPS) is 22.5. The van der Waals surface area contributed by atoms with Gasteiger partial charge in [0.05, 0.1) is 12.4 Å². The van der Waals surface area contributed by atoms with Crippen LogP contribution < -0.4 is 11.1 Å². The summed E-state index contributed by atoms with van der Waals surface area (Å²) in [6.07, 6.45) is 6.64. The highest BCUT2D eigenvalue weighted by atomic mass is 35.5. The molecule has 1 saturated heterocycles. The molecule has 1 fully saturated rings. The zero-order chi connectivity index (χ0) is 13.0. The first-order valence-electron chi connectivity index (χ1n) is 6.30. The van der Waals surface area contributed by atoms with Crippen LogP contribution in [0.25, 0.3) is 0 Å². The molecule has 6 nitrogen and oxygen atoms in total. The van der Waals surface area contributed by atoms with E-state index < -0.39 is 0 Å². The van der Waals surface area contributed by atoms with Crippen molar-refractivity contribution in [3.63, 3.8) is 0 Å². The Labute approximate surface area is 131 Å². The minimum atomic E-state index is -0.344. The second-order valence-electron chi connectivity index (χ2n) is 4.73. The number of nitrogens with two attached hydrogens (primary N) is 1. The van der Waals surface area contributed by atoms with Gasteiger partial charge in [-0.05, 0) is 19.8 Å². The zero-order valence-corrected chi connectivity index (χ0v) is 13.0. The summed E-state index contributed by atoms with van der Waals surface area (Å²) in [7, 11) is 0. The third-order valence-electron chi connectivity index (χ3n) is 3.10. The second kappa shape index (κ2) is 9.18. The Balaban J connectivity index is 0.00000180. The molecule has 116 valence electrons. The van der Waals surface area contributed by atoms with E-state index in [0.29, 0.717) is 13.1 Å². The number of rotatable bonds is 5. The minimum absolute atomic E-state index is 0. The van der Waals surface area contributed by atoms with Crippen LogP contribution in [0.4, 0.5) is 0 Å². The number of imidazole rings is 1. The predicted molar refractivity (Wildman–Crippen MR) is 81.3 cm³/mol. The van der Waals surface area contributed by atoms with Gasteiger partial charge in [0.25, 0.3) is 0 Å². The highest BCUT2D eigenvalue weighted by Crippen LogP contribution is 2.18. The maximum Gasteiger partial charge on any atom is 0.249 e. The molecule has 1 aliphatic rings. The minimum Gasteiger partial charge on any atom is -0.364 e. The summed E-state index contributed by atoms with van der Waals surface area (Å²) in [5.41, 5.74) is 5.52. The van der Waals surface area contributed by atoms with E-state index in [0.717, 1.165) is 12.8 Å². The number of amides is 1. The van der Waals surface area contributed by atoms with Crippen LogP contribution in [0, 0.1) is 0 Å². The van der Waals surface area contributed by atoms with Crippen molar-refractivity contribution in [3.05, 3.63) is 18.7 Å². The van der Waals surface area contributed by atoms with Crippen LogP contribution in [0.15, 0.2) is 18.7 Å². The van der Waals surface area contributed by atoms with E-state index >= 15 is 0 Å². The number of nitrogens with zero attached hydrogens (tertiary/aromatic N) is 2. The summed E-state index contributed by atoms with van der Waals surface area (Å²) in [4.78, 5) is 15.9. The SMILES string of the molecule is CC(Cn1ccnc1)NC(=O)[C@@H]1CC[C@H](CN)O1.Cl.Cl. The summed E-state index contributed by atoms with van der Waals surface area (Å²) < 4.78 is 7.49. The van der Waals surface area contributed by atoms with Crippen LogP contribution in [-0.2, 0) is 16.1 Å². The van der Waals surface area contributed by atoms with Crippen LogP contribution in [-0.4, -0.2) is 40.3 Å². The number of carbonyl (C=O) groups is 1. The highest BCUT2D eigenvalue weighted by Gasteiger charge is 2.30. The molecule has 2 heterocycles. The summed E-state index contributed by atoms with van der Waals surface area (Å²) in [5.74, 6) is -0.0430. The molecular formula is C12H22Cl2N4O2. The summed E-state index contributed by atoms with van der Waals surface area (Å²) in [6.45, 7) is 3.15. The van der Waals surface area contributed by atoms with E-state index in [1.165, 1.54) is 0 Å². The summed E-state index contributed by atoms with van der Waals surface area (Å²) >= 11 is 0. The van der Waals surface area contributed by atoms with Crippen LogP contribution in [0.5, 0.6) is 0 Å². The summed E-state index contributed by atoms with van der Waals surface area (Å²) in [6, 6.07) is 0.0484. The lowest BCUT2D eigenvalue weighted by Gasteiger charge is -2.18. The van der Waals surface area contributed by atoms with Gasteiger partial charge >= 0.3 is 0 Å². The maximum absolute atomic E-state index is 11.9. The molecular weight excluding hydrogens is 303 g/mol. The summed E-state index contributed by atoms with van der Waals surface area (Å²) in [5, 5.41) is 2.95. The lowest BCUT2D eigenvalue weighted by Crippen LogP contribution is -2.42. The molecule has 0 radical (unpaired) electrons.